The van der Waals surface area contributed by atoms with Crippen LogP contribution in [-0.2, 0) is 0 Å². The summed E-state index contributed by atoms with van der Waals surface area (Å²) in [6.07, 6.45) is 8.03. The summed E-state index contributed by atoms with van der Waals surface area (Å²) in [6.45, 7) is 5.36. The highest BCUT2D eigenvalue weighted by atomic mass is 15.1. The molecule has 0 fully saturated rings. The van der Waals surface area contributed by atoms with Gasteiger partial charge >= 0.3 is 0 Å². The molecular weight excluding hydrogens is 160 g/mol. The number of nitrogens with zero attached hydrogens (tertiary/aromatic N) is 2. The topological polar surface area (TPSA) is 16.1 Å². The molecule has 0 bridgehead atoms. The van der Waals surface area contributed by atoms with Crippen LogP contribution in [0.15, 0.2) is 30.7 Å². The Kier molecular flexibility index (Phi) is 2.05. The van der Waals surface area contributed by atoms with Gasteiger partial charge in [-0.05, 0) is 24.8 Å². The normalized spacial score (nSPS) is 21.1. The van der Waals surface area contributed by atoms with Gasteiger partial charge in [-0.15, -0.1) is 0 Å². The summed E-state index contributed by atoms with van der Waals surface area (Å²) in [4.78, 5) is 6.43. The molecule has 68 valence electrons. The van der Waals surface area contributed by atoms with E-state index in [0.29, 0.717) is 5.92 Å². The third-order valence-electron chi connectivity index (χ3n) is 2.47. The Bertz CT molecular complexity index is 331. The third kappa shape index (κ3) is 1.32. The average Bonchev–Trinajstić information content (AvgIpc) is 2.46. The van der Waals surface area contributed by atoms with E-state index in [1.54, 1.807) is 0 Å². The van der Waals surface area contributed by atoms with Gasteiger partial charge in [0.1, 0.15) is 0 Å². The molecule has 0 spiro atoms. The molecule has 1 aromatic heterocycles. The number of aromatic nitrogens is 1. The Balaban J connectivity index is 2.41. The van der Waals surface area contributed by atoms with Crippen molar-refractivity contribution in [1.29, 1.82) is 0 Å². The van der Waals surface area contributed by atoms with Crippen molar-refractivity contribution >= 4 is 5.69 Å². The van der Waals surface area contributed by atoms with E-state index < -0.39 is 0 Å². The van der Waals surface area contributed by atoms with Crippen molar-refractivity contribution in [2.75, 3.05) is 11.4 Å². The van der Waals surface area contributed by atoms with Gasteiger partial charge < -0.3 is 4.90 Å². The largest absolute Gasteiger partial charge is 0.347 e. The Labute approximate surface area is 78.9 Å². The highest BCUT2D eigenvalue weighted by molar-refractivity contribution is 5.60. The molecule has 2 heterocycles. The van der Waals surface area contributed by atoms with Crippen molar-refractivity contribution < 1.29 is 0 Å². The van der Waals surface area contributed by atoms with E-state index in [9.17, 15) is 0 Å². The van der Waals surface area contributed by atoms with Crippen molar-refractivity contribution in [3.8, 4) is 0 Å². The molecule has 0 aromatic carbocycles. The van der Waals surface area contributed by atoms with Crippen molar-refractivity contribution in [2.45, 2.75) is 19.8 Å². The zero-order valence-corrected chi connectivity index (χ0v) is 8.07. The van der Waals surface area contributed by atoms with Crippen molar-refractivity contribution in [1.82, 2.24) is 4.98 Å². The molecule has 0 saturated carbocycles. The molecule has 0 N–H and O–H groups in total. The summed E-state index contributed by atoms with van der Waals surface area (Å²) in [6, 6.07) is 2.08. The predicted octanol–water partition coefficient (Wildman–Crippen LogP) is 2.54. The van der Waals surface area contributed by atoms with Crippen LogP contribution in [0.1, 0.15) is 25.3 Å². The van der Waals surface area contributed by atoms with Gasteiger partial charge in [0.2, 0.25) is 0 Å². The van der Waals surface area contributed by atoms with Crippen LogP contribution in [-0.4, -0.2) is 11.5 Å². The van der Waals surface area contributed by atoms with Gasteiger partial charge in [-0.2, -0.15) is 0 Å². The first-order valence-corrected chi connectivity index (χ1v) is 4.66. The molecule has 0 amide bonds. The predicted molar refractivity (Wildman–Crippen MR) is 54.8 cm³/mol. The van der Waals surface area contributed by atoms with Crippen LogP contribution in [0.4, 0.5) is 5.69 Å². The van der Waals surface area contributed by atoms with E-state index in [1.165, 1.54) is 11.3 Å². The average molecular weight is 174 g/mol. The van der Waals surface area contributed by atoms with Gasteiger partial charge in [0.15, 0.2) is 0 Å². The summed E-state index contributed by atoms with van der Waals surface area (Å²) in [5.74, 6) is 0.597. The smallest absolute Gasteiger partial charge is 0.0473 e. The van der Waals surface area contributed by atoms with Crippen molar-refractivity contribution in [3.05, 3.63) is 36.3 Å². The zero-order chi connectivity index (χ0) is 9.26. The van der Waals surface area contributed by atoms with Crippen molar-refractivity contribution in [2.24, 2.45) is 0 Å². The van der Waals surface area contributed by atoms with Gasteiger partial charge in [-0.3, -0.25) is 4.98 Å². The Morgan fingerprint density at radius 3 is 3.23 bits per heavy atom. The number of fused-ring (bicyclic) bond motifs is 1. The van der Waals surface area contributed by atoms with Crippen molar-refractivity contribution in [3.63, 3.8) is 0 Å². The second-order valence-corrected chi connectivity index (χ2v) is 3.47. The maximum atomic E-state index is 4.15. The maximum Gasteiger partial charge on any atom is 0.0473 e. The van der Waals surface area contributed by atoms with E-state index in [-0.39, 0.29) is 0 Å². The van der Waals surface area contributed by atoms with Gasteiger partial charge in [-0.25, -0.2) is 0 Å². The molecule has 2 nitrogen and oxygen atoms in total. The lowest BCUT2D eigenvalue weighted by Gasteiger charge is -2.12. The summed E-state index contributed by atoms with van der Waals surface area (Å²) in [5, 5.41) is 0. The fourth-order valence-electron chi connectivity index (χ4n) is 1.85. The van der Waals surface area contributed by atoms with Crippen LogP contribution in [0.5, 0.6) is 0 Å². The lowest BCUT2D eigenvalue weighted by Crippen LogP contribution is -2.12. The van der Waals surface area contributed by atoms with Gasteiger partial charge in [0, 0.05) is 30.5 Å². The quantitative estimate of drug-likeness (QED) is 0.650. The molecule has 1 atom stereocenters. The molecular formula is C11H14N2. The molecule has 1 aliphatic heterocycles. The molecule has 1 aliphatic rings. The molecule has 2 heteroatoms. The van der Waals surface area contributed by atoms with Crippen LogP contribution in [0.2, 0.25) is 0 Å². The van der Waals surface area contributed by atoms with E-state index in [4.69, 9.17) is 0 Å². The molecule has 2 rings (SSSR count). The number of rotatable bonds is 1. The summed E-state index contributed by atoms with van der Waals surface area (Å²) >= 11 is 0. The molecule has 0 aliphatic carbocycles. The SMILES string of the molecule is C/C=C\N1CC(C)c2cnccc21. The Morgan fingerprint density at radius 1 is 1.62 bits per heavy atom. The summed E-state index contributed by atoms with van der Waals surface area (Å²) in [7, 11) is 0. The van der Waals surface area contributed by atoms with Gasteiger partial charge in [-0.1, -0.05) is 13.0 Å². The van der Waals surface area contributed by atoms with Crippen LogP contribution in [0, 0.1) is 0 Å². The van der Waals surface area contributed by atoms with E-state index in [1.807, 2.05) is 19.3 Å². The number of hydrogen-bond donors (Lipinski definition) is 0. The van der Waals surface area contributed by atoms with Gasteiger partial charge in [0.25, 0.3) is 0 Å². The first kappa shape index (κ1) is 8.30. The van der Waals surface area contributed by atoms with Crippen LogP contribution in [0.3, 0.4) is 0 Å². The number of pyridine rings is 1. The molecule has 13 heavy (non-hydrogen) atoms. The maximum absolute atomic E-state index is 4.15. The second-order valence-electron chi connectivity index (χ2n) is 3.47. The minimum atomic E-state index is 0.597. The third-order valence-corrected chi connectivity index (χ3v) is 2.47. The first-order valence-electron chi connectivity index (χ1n) is 4.66. The number of hydrogen-bond acceptors (Lipinski definition) is 2. The fraction of sp³-hybridized carbons (Fsp3) is 0.364. The molecule has 0 saturated heterocycles. The highest BCUT2D eigenvalue weighted by Crippen LogP contribution is 2.34. The first-order chi connectivity index (χ1) is 6.33. The van der Waals surface area contributed by atoms with E-state index in [0.717, 1.165) is 6.54 Å². The van der Waals surface area contributed by atoms with Crippen LogP contribution < -0.4 is 4.90 Å². The lowest BCUT2D eigenvalue weighted by molar-refractivity contribution is 0.807. The number of allylic oxidation sites excluding steroid dienone is 1. The Morgan fingerprint density at radius 2 is 2.46 bits per heavy atom. The van der Waals surface area contributed by atoms with Crippen LogP contribution in [0.25, 0.3) is 0 Å². The summed E-state index contributed by atoms with van der Waals surface area (Å²) in [5.41, 5.74) is 2.67. The van der Waals surface area contributed by atoms with E-state index >= 15 is 0 Å². The Hall–Kier alpha value is -1.31. The van der Waals surface area contributed by atoms with Crippen LogP contribution >= 0.6 is 0 Å². The second kappa shape index (κ2) is 3.21. The molecule has 1 aromatic rings. The zero-order valence-electron chi connectivity index (χ0n) is 8.07. The molecule has 1 unspecified atom stereocenters. The minimum absolute atomic E-state index is 0.597. The fourth-order valence-corrected chi connectivity index (χ4v) is 1.85. The van der Waals surface area contributed by atoms with Gasteiger partial charge in [0.05, 0.1) is 0 Å². The minimum Gasteiger partial charge on any atom is -0.347 e. The lowest BCUT2D eigenvalue weighted by atomic mass is 10.1. The summed E-state index contributed by atoms with van der Waals surface area (Å²) < 4.78 is 0. The monoisotopic (exact) mass is 174 g/mol. The van der Waals surface area contributed by atoms with E-state index in [2.05, 4.69) is 35.1 Å². The standard InChI is InChI=1S/C11H14N2/c1-3-6-13-8-9(2)10-7-12-5-4-11(10)13/h3-7,9H,8H2,1-2H3/b6-3-. The number of anilines is 1. The molecule has 0 radical (unpaired) electrons. The highest BCUT2D eigenvalue weighted by Gasteiger charge is 2.23.